The fourth-order valence-corrected chi connectivity index (χ4v) is 2.13. The Morgan fingerprint density at radius 3 is 2.89 bits per heavy atom. The first-order valence-corrected chi connectivity index (χ1v) is 6.97. The zero-order valence-corrected chi connectivity index (χ0v) is 12.4. The van der Waals surface area contributed by atoms with Crippen LogP contribution < -0.4 is 10.9 Å². The normalized spacial score (nSPS) is 12.2. The molecule has 0 spiro atoms. The molecule has 1 atom stereocenters. The van der Waals surface area contributed by atoms with Crippen molar-refractivity contribution in [2.24, 2.45) is 0 Å². The number of carbonyl (C=O) groups excluding carboxylic acids is 1. The van der Waals surface area contributed by atoms with Crippen LogP contribution in [0.25, 0.3) is 0 Å². The molecule has 4 nitrogen and oxygen atoms in total. The van der Waals surface area contributed by atoms with Crippen molar-refractivity contribution >= 4 is 21.8 Å². The molecule has 5 heteroatoms. The summed E-state index contributed by atoms with van der Waals surface area (Å²) >= 11 is 3.30. The first-order chi connectivity index (χ1) is 8.52. The lowest BCUT2D eigenvalue weighted by molar-refractivity contribution is -0.121. The van der Waals surface area contributed by atoms with E-state index in [0.29, 0.717) is 13.0 Å². The number of hydrogen-bond donors (Lipinski definition) is 1. The summed E-state index contributed by atoms with van der Waals surface area (Å²) in [6, 6.07) is 3.38. The van der Waals surface area contributed by atoms with E-state index >= 15 is 0 Å². The van der Waals surface area contributed by atoms with Crippen molar-refractivity contribution in [3.05, 3.63) is 33.2 Å². The lowest BCUT2D eigenvalue weighted by Gasteiger charge is -2.13. The molecule has 1 aromatic rings. The zero-order chi connectivity index (χ0) is 13.5. The van der Waals surface area contributed by atoms with Gasteiger partial charge in [-0.25, -0.2) is 0 Å². The summed E-state index contributed by atoms with van der Waals surface area (Å²) in [4.78, 5) is 23.2. The molecule has 0 fully saturated rings. The molecule has 0 saturated carbocycles. The second-order valence-electron chi connectivity index (χ2n) is 4.39. The summed E-state index contributed by atoms with van der Waals surface area (Å²) in [5.41, 5.74) is -0.0902. The van der Waals surface area contributed by atoms with Gasteiger partial charge in [0.15, 0.2) is 0 Å². The summed E-state index contributed by atoms with van der Waals surface area (Å²) in [6.07, 6.45) is 4.05. The monoisotopic (exact) mass is 314 g/mol. The van der Waals surface area contributed by atoms with Gasteiger partial charge in [-0.1, -0.05) is 13.3 Å². The fraction of sp³-hybridized carbons (Fsp3) is 0.538. The summed E-state index contributed by atoms with van der Waals surface area (Å²) in [7, 11) is 0. The smallest absolute Gasteiger partial charge is 0.250 e. The third kappa shape index (κ3) is 5.04. The van der Waals surface area contributed by atoms with Crippen molar-refractivity contribution in [3.63, 3.8) is 0 Å². The molecule has 0 aliphatic rings. The lowest BCUT2D eigenvalue weighted by atomic mass is 10.2. The summed E-state index contributed by atoms with van der Waals surface area (Å²) < 4.78 is 2.37. The lowest BCUT2D eigenvalue weighted by Crippen LogP contribution is -2.33. The molecule has 1 amide bonds. The predicted octanol–water partition coefficient (Wildman–Crippen LogP) is 2.31. The minimum absolute atomic E-state index is 0.0113. The van der Waals surface area contributed by atoms with Crippen LogP contribution in [0.5, 0.6) is 0 Å². The van der Waals surface area contributed by atoms with E-state index in [-0.39, 0.29) is 17.5 Å². The molecular weight excluding hydrogens is 296 g/mol. The maximum atomic E-state index is 11.7. The highest BCUT2D eigenvalue weighted by Gasteiger charge is 2.07. The highest BCUT2D eigenvalue weighted by molar-refractivity contribution is 9.10. The number of pyridine rings is 1. The second-order valence-corrected chi connectivity index (χ2v) is 5.30. The zero-order valence-electron chi connectivity index (χ0n) is 10.8. The van der Waals surface area contributed by atoms with Gasteiger partial charge < -0.3 is 9.88 Å². The number of aryl methyl sites for hydroxylation is 1. The minimum atomic E-state index is -0.0902. The molecule has 0 aromatic carbocycles. The quantitative estimate of drug-likeness (QED) is 0.876. The minimum Gasteiger partial charge on any atom is -0.354 e. The van der Waals surface area contributed by atoms with Crippen molar-refractivity contribution in [2.45, 2.75) is 45.7 Å². The van der Waals surface area contributed by atoms with Crippen LogP contribution >= 0.6 is 15.9 Å². The summed E-state index contributed by atoms with van der Waals surface area (Å²) in [5.74, 6) is -0.0113. The number of aromatic nitrogens is 1. The van der Waals surface area contributed by atoms with E-state index in [1.807, 2.05) is 6.92 Å². The van der Waals surface area contributed by atoms with E-state index in [2.05, 4.69) is 28.2 Å². The number of amides is 1. The maximum Gasteiger partial charge on any atom is 0.250 e. The van der Waals surface area contributed by atoms with Crippen molar-refractivity contribution in [3.8, 4) is 0 Å². The van der Waals surface area contributed by atoms with Gasteiger partial charge in [0.1, 0.15) is 0 Å². The Morgan fingerprint density at radius 2 is 2.22 bits per heavy atom. The number of nitrogens with one attached hydrogen (secondary N) is 1. The van der Waals surface area contributed by atoms with Crippen LogP contribution in [0.15, 0.2) is 27.6 Å². The third-order valence-electron chi connectivity index (χ3n) is 2.66. The molecule has 100 valence electrons. The summed E-state index contributed by atoms with van der Waals surface area (Å²) in [6.45, 7) is 4.49. The van der Waals surface area contributed by atoms with Crippen LogP contribution in [0.4, 0.5) is 0 Å². The van der Waals surface area contributed by atoms with Crippen LogP contribution in [-0.4, -0.2) is 16.5 Å². The summed E-state index contributed by atoms with van der Waals surface area (Å²) in [5, 5.41) is 2.92. The van der Waals surface area contributed by atoms with Gasteiger partial charge in [-0.15, -0.1) is 0 Å². The molecule has 18 heavy (non-hydrogen) atoms. The van der Waals surface area contributed by atoms with Crippen LogP contribution in [-0.2, 0) is 11.3 Å². The Labute approximate surface area is 116 Å². The molecule has 1 N–H and O–H groups in total. The average Bonchev–Trinajstić information content (AvgIpc) is 2.30. The van der Waals surface area contributed by atoms with E-state index in [1.165, 1.54) is 10.6 Å². The van der Waals surface area contributed by atoms with Gasteiger partial charge in [0.2, 0.25) is 5.91 Å². The van der Waals surface area contributed by atoms with Crippen LogP contribution in [0.2, 0.25) is 0 Å². The predicted molar refractivity (Wildman–Crippen MR) is 75.5 cm³/mol. The van der Waals surface area contributed by atoms with Gasteiger partial charge in [0.05, 0.1) is 0 Å². The van der Waals surface area contributed by atoms with Gasteiger partial charge >= 0.3 is 0 Å². The van der Waals surface area contributed by atoms with Gasteiger partial charge in [0, 0.05) is 35.7 Å². The fourth-order valence-electron chi connectivity index (χ4n) is 1.75. The molecule has 1 rings (SSSR count). The average molecular weight is 315 g/mol. The number of halogens is 1. The SMILES string of the molecule is CCC[C@H](C)NC(=O)CCn1cc(Br)ccc1=O. The van der Waals surface area contributed by atoms with E-state index in [9.17, 15) is 9.59 Å². The molecule has 0 aliphatic heterocycles. The molecule has 0 bridgehead atoms. The number of carbonyl (C=O) groups is 1. The van der Waals surface area contributed by atoms with Gasteiger partial charge in [-0.2, -0.15) is 0 Å². The largest absolute Gasteiger partial charge is 0.354 e. The molecule has 0 aliphatic carbocycles. The van der Waals surface area contributed by atoms with Crippen molar-refractivity contribution < 1.29 is 4.79 Å². The second kappa shape index (κ2) is 7.36. The molecule has 0 unspecified atom stereocenters. The molecule has 0 saturated heterocycles. The Hall–Kier alpha value is -1.10. The van der Waals surface area contributed by atoms with Crippen LogP contribution in [0.3, 0.4) is 0 Å². The van der Waals surface area contributed by atoms with Crippen molar-refractivity contribution in [2.75, 3.05) is 0 Å². The first-order valence-electron chi connectivity index (χ1n) is 6.18. The van der Waals surface area contributed by atoms with E-state index in [0.717, 1.165) is 17.3 Å². The number of hydrogen-bond acceptors (Lipinski definition) is 2. The van der Waals surface area contributed by atoms with E-state index < -0.39 is 0 Å². The van der Waals surface area contributed by atoms with E-state index in [4.69, 9.17) is 0 Å². The highest BCUT2D eigenvalue weighted by Crippen LogP contribution is 2.05. The van der Waals surface area contributed by atoms with Crippen molar-refractivity contribution in [1.29, 1.82) is 0 Å². The maximum absolute atomic E-state index is 11.7. The van der Waals surface area contributed by atoms with E-state index in [1.54, 1.807) is 12.3 Å². The Balaban J connectivity index is 2.47. The molecule has 0 radical (unpaired) electrons. The third-order valence-corrected chi connectivity index (χ3v) is 3.13. The first kappa shape index (κ1) is 15.0. The molecule has 1 heterocycles. The highest BCUT2D eigenvalue weighted by atomic mass is 79.9. The molecule has 1 aromatic heterocycles. The Kier molecular flexibility index (Phi) is 6.12. The topological polar surface area (TPSA) is 51.1 Å². The number of rotatable bonds is 6. The van der Waals surface area contributed by atoms with Gasteiger partial charge in [-0.05, 0) is 35.3 Å². The standard InChI is InChI=1S/C13H19BrN2O2/c1-3-4-10(2)15-12(17)7-8-16-9-11(14)5-6-13(16)18/h5-6,9-10H,3-4,7-8H2,1-2H3,(H,15,17)/t10-/m0/s1. The van der Waals surface area contributed by atoms with Crippen LogP contribution in [0, 0.1) is 0 Å². The Morgan fingerprint density at radius 1 is 1.50 bits per heavy atom. The number of nitrogens with zero attached hydrogens (tertiary/aromatic N) is 1. The van der Waals surface area contributed by atoms with Gasteiger partial charge in [0.25, 0.3) is 5.56 Å². The van der Waals surface area contributed by atoms with Crippen LogP contribution in [0.1, 0.15) is 33.1 Å². The molecular formula is C13H19BrN2O2. The van der Waals surface area contributed by atoms with Crippen molar-refractivity contribution in [1.82, 2.24) is 9.88 Å². The Bertz CT molecular complexity index is 457. The van der Waals surface area contributed by atoms with Gasteiger partial charge in [-0.3, -0.25) is 9.59 Å².